The van der Waals surface area contributed by atoms with Crippen molar-refractivity contribution in [3.63, 3.8) is 0 Å². The molecule has 2 heterocycles. The molecular weight excluding hydrogens is 214 g/mol. The number of aromatic nitrogens is 1. The Kier molecular flexibility index (Phi) is 2.66. The van der Waals surface area contributed by atoms with Gasteiger partial charge >= 0.3 is 0 Å². The molecule has 17 heavy (non-hydrogen) atoms. The Morgan fingerprint density at radius 3 is 3.00 bits per heavy atom. The van der Waals surface area contributed by atoms with Crippen molar-refractivity contribution in [1.82, 2.24) is 4.98 Å². The first-order chi connectivity index (χ1) is 8.42. The fourth-order valence-electron chi connectivity index (χ4n) is 1.97. The summed E-state index contributed by atoms with van der Waals surface area (Å²) in [6.45, 7) is 0.556. The van der Waals surface area contributed by atoms with E-state index in [4.69, 9.17) is 9.47 Å². The van der Waals surface area contributed by atoms with Gasteiger partial charge in [0.15, 0.2) is 0 Å². The summed E-state index contributed by atoms with van der Waals surface area (Å²) in [5.74, 6) is 1.76. The molecule has 1 aromatic carbocycles. The number of nitrogens with zero attached hydrogens (tertiary/aromatic N) is 1. The minimum atomic E-state index is 0.104. The molecule has 3 heteroatoms. The van der Waals surface area contributed by atoms with Gasteiger partial charge in [0.05, 0.1) is 6.20 Å². The Balaban J connectivity index is 1.59. The number of hydrogen-bond acceptors (Lipinski definition) is 3. The van der Waals surface area contributed by atoms with Crippen molar-refractivity contribution >= 4 is 0 Å². The summed E-state index contributed by atoms with van der Waals surface area (Å²) in [7, 11) is 0. The Labute approximate surface area is 100 Å². The lowest BCUT2D eigenvalue weighted by Crippen LogP contribution is -2.22. The molecule has 1 aliphatic heterocycles. The molecule has 3 rings (SSSR count). The quantitative estimate of drug-likeness (QED) is 0.807. The van der Waals surface area contributed by atoms with Crippen LogP contribution in [0.4, 0.5) is 0 Å². The minimum absolute atomic E-state index is 0.104. The highest BCUT2D eigenvalue weighted by molar-refractivity contribution is 5.37. The molecule has 2 aromatic rings. The largest absolute Gasteiger partial charge is 0.488 e. The highest BCUT2D eigenvalue weighted by Gasteiger charge is 2.22. The van der Waals surface area contributed by atoms with E-state index in [0.717, 1.165) is 17.9 Å². The molecule has 0 saturated carbocycles. The topological polar surface area (TPSA) is 31.4 Å². The van der Waals surface area contributed by atoms with Crippen LogP contribution in [0, 0.1) is 0 Å². The van der Waals surface area contributed by atoms with E-state index in [-0.39, 0.29) is 6.10 Å². The standard InChI is InChI=1S/C14H13NO2/c1-2-6-14-11(4-1)8-13(17-14)10-16-12-5-3-7-15-9-12/h1-7,9,13H,8,10H2. The van der Waals surface area contributed by atoms with Crippen LogP contribution < -0.4 is 9.47 Å². The van der Waals surface area contributed by atoms with Crippen molar-refractivity contribution < 1.29 is 9.47 Å². The van der Waals surface area contributed by atoms with Gasteiger partial charge in [-0.05, 0) is 23.8 Å². The van der Waals surface area contributed by atoms with E-state index in [1.807, 2.05) is 30.3 Å². The van der Waals surface area contributed by atoms with E-state index in [2.05, 4.69) is 11.1 Å². The van der Waals surface area contributed by atoms with Crippen molar-refractivity contribution in [1.29, 1.82) is 0 Å². The number of fused-ring (bicyclic) bond motifs is 1. The van der Waals surface area contributed by atoms with E-state index in [9.17, 15) is 0 Å². The van der Waals surface area contributed by atoms with E-state index in [0.29, 0.717) is 6.61 Å². The fourth-order valence-corrected chi connectivity index (χ4v) is 1.97. The third kappa shape index (κ3) is 2.23. The molecule has 0 fully saturated rings. The molecule has 3 nitrogen and oxygen atoms in total. The zero-order valence-electron chi connectivity index (χ0n) is 9.37. The van der Waals surface area contributed by atoms with Gasteiger partial charge in [-0.25, -0.2) is 0 Å². The van der Waals surface area contributed by atoms with Crippen molar-refractivity contribution in [2.24, 2.45) is 0 Å². The van der Waals surface area contributed by atoms with Crippen LogP contribution in [0.5, 0.6) is 11.5 Å². The van der Waals surface area contributed by atoms with Gasteiger partial charge in [-0.2, -0.15) is 0 Å². The maximum Gasteiger partial charge on any atom is 0.137 e. The van der Waals surface area contributed by atoms with E-state index in [1.165, 1.54) is 5.56 Å². The molecule has 0 amide bonds. The lowest BCUT2D eigenvalue weighted by atomic mass is 10.1. The maximum atomic E-state index is 5.78. The van der Waals surface area contributed by atoms with Gasteiger partial charge in [-0.15, -0.1) is 0 Å². The van der Waals surface area contributed by atoms with Gasteiger partial charge in [0.25, 0.3) is 0 Å². The molecule has 1 atom stereocenters. The van der Waals surface area contributed by atoms with Crippen LogP contribution in [-0.4, -0.2) is 17.7 Å². The van der Waals surface area contributed by atoms with Gasteiger partial charge < -0.3 is 9.47 Å². The summed E-state index contributed by atoms with van der Waals surface area (Å²) in [5.41, 5.74) is 1.26. The van der Waals surface area contributed by atoms with Gasteiger partial charge in [0.2, 0.25) is 0 Å². The summed E-state index contributed by atoms with van der Waals surface area (Å²) < 4.78 is 11.4. The molecule has 1 unspecified atom stereocenters. The summed E-state index contributed by atoms with van der Waals surface area (Å²) in [4.78, 5) is 4.00. The average molecular weight is 227 g/mol. The number of ether oxygens (including phenoxy) is 2. The van der Waals surface area contributed by atoms with Crippen LogP contribution in [0.1, 0.15) is 5.56 Å². The molecular formula is C14H13NO2. The second-order valence-electron chi connectivity index (χ2n) is 4.05. The average Bonchev–Trinajstić information content (AvgIpc) is 2.80. The first-order valence-corrected chi connectivity index (χ1v) is 5.69. The smallest absolute Gasteiger partial charge is 0.137 e. The normalized spacial score (nSPS) is 17.3. The molecule has 0 N–H and O–H groups in total. The van der Waals surface area contributed by atoms with Crippen LogP contribution in [0.15, 0.2) is 48.8 Å². The minimum Gasteiger partial charge on any atom is -0.488 e. The Morgan fingerprint density at radius 1 is 1.24 bits per heavy atom. The highest BCUT2D eigenvalue weighted by atomic mass is 16.5. The van der Waals surface area contributed by atoms with Crippen LogP contribution in [0.25, 0.3) is 0 Å². The number of benzene rings is 1. The maximum absolute atomic E-state index is 5.78. The lowest BCUT2D eigenvalue weighted by molar-refractivity contribution is 0.148. The number of rotatable bonds is 3. The van der Waals surface area contributed by atoms with E-state index < -0.39 is 0 Å². The van der Waals surface area contributed by atoms with Crippen LogP contribution in [0.2, 0.25) is 0 Å². The lowest BCUT2D eigenvalue weighted by Gasteiger charge is -2.11. The number of hydrogen-bond donors (Lipinski definition) is 0. The summed E-state index contributed by atoms with van der Waals surface area (Å²) in [5, 5.41) is 0. The Morgan fingerprint density at radius 2 is 2.18 bits per heavy atom. The predicted molar refractivity (Wildman–Crippen MR) is 64.3 cm³/mol. The van der Waals surface area contributed by atoms with E-state index >= 15 is 0 Å². The zero-order chi connectivity index (χ0) is 11.5. The second kappa shape index (κ2) is 4.45. The fraction of sp³-hybridized carbons (Fsp3) is 0.214. The van der Waals surface area contributed by atoms with Crippen LogP contribution in [-0.2, 0) is 6.42 Å². The molecule has 0 bridgehead atoms. The third-order valence-corrected chi connectivity index (χ3v) is 2.78. The van der Waals surface area contributed by atoms with Gasteiger partial charge in [-0.3, -0.25) is 4.98 Å². The number of pyridine rings is 1. The summed E-state index contributed by atoms with van der Waals surface area (Å²) in [6.07, 6.45) is 4.46. The van der Waals surface area contributed by atoms with E-state index in [1.54, 1.807) is 12.4 Å². The van der Waals surface area contributed by atoms with Gasteiger partial charge in [0.1, 0.15) is 24.2 Å². The molecule has 1 aromatic heterocycles. The van der Waals surface area contributed by atoms with Gasteiger partial charge in [-0.1, -0.05) is 18.2 Å². The molecule has 0 aliphatic carbocycles. The molecule has 0 saturated heterocycles. The van der Waals surface area contributed by atoms with Crippen LogP contribution >= 0.6 is 0 Å². The molecule has 0 radical (unpaired) electrons. The number of para-hydroxylation sites is 1. The summed E-state index contributed by atoms with van der Waals surface area (Å²) in [6, 6.07) is 11.9. The molecule has 1 aliphatic rings. The zero-order valence-corrected chi connectivity index (χ0v) is 9.37. The van der Waals surface area contributed by atoms with Crippen molar-refractivity contribution in [3.8, 4) is 11.5 Å². The monoisotopic (exact) mass is 227 g/mol. The molecule has 86 valence electrons. The van der Waals surface area contributed by atoms with Crippen molar-refractivity contribution in [2.45, 2.75) is 12.5 Å². The van der Waals surface area contributed by atoms with Gasteiger partial charge in [0, 0.05) is 12.6 Å². The Hall–Kier alpha value is -2.03. The Bertz CT molecular complexity index is 474. The SMILES string of the molecule is c1cncc(OCC2Cc3ccccc3O2)c1. The van der Waals surface area contributed by atoms with Crippen LogP contribution in [0.3, 0.4) is 0 Å². The van der Waals surface area contributed by atoms with Crippen molar-refractivity contribution in [3.05, 3.63) is 54.4 Å². The molecule has 0 spiro atoms. The first kappa shape index (κ1) is 10.1. The van der Waals surface area contributed by atoms with Crippen molar-refractivity contribution in [2.75, 3.05) is 6.61 Å². The first-order valence-electron chi connectivity index (χ1n) is 5.69. The predicted octanol–water partition coefficient (Wildman–Crippen LogP) is 2.46. The third-order valence-electron chi connectivity index (χ3n) is 2.78. The summed E-state index contributed by atoms with van der Waals surface area (Å²) >= 11 is 0. The second-order valence-corrected chi connectivity index (χ2v) is 4.05. The highest BCUT2D eigenvalue weighted by Crippen LogP contribution is 2.28.